The van der Waals surface area contributed by atoms with Crippen molar-refractivity contribution in [1.82, 2.24) is 4.98 Å². The minimum Gasteiger partial charge on any atom is -0.384 e. The average molecular weight is 239 g/mol. The third-order valence-corrected chi connectivity index (χ3v) is 3.43. The van der Waals surface area contributed by atoms with Crippen molar-refractivity contribution < 1.29 is 0 Å². The first-order chi connectivity index (χ1) is 8.72. The van der Waals surface area contributed by atoms with Gasteiger partial charge in [0, 0.05) is 13.1 Å². The number of pyridine rings is 1. The SMILES string of the molecule is Cc1cc(N)nc(N2CCc3ccccc3C2)c1. The monoisotopic (exact) mass is 239 g/mol. The summed E-state index contributed by atoms with van der Waals surface area (Å²) in [5.74, 6) is 1.59. The number of hydrogen-bond donors (Lipinski definition) is 1. The number of aromatic nitrogens is 1. The third-order valence-electron chi connectivity index (χ3n) is 3.43. The van der Waals surface area contributed by atoms with Crippen LogP contribution in [-0.2, 0) is 13.0 Å². The molecule has 0 amide bonds. The van der Waals surface area contributed by atoms with Crippen LogP contribution in [0.2, 0.25) is 0 Å². The Kier molecular flexibility index (Phi) is 2.67. The molecule has 1 aliphatic rings. The molecule has 0 saturated heterocycles. The molecule has 0 atom stereocenters. The molecule has 0 aliphatic carbocycles. The number of anilines is 2. The van der Waals surface area contributed by atoms with Crippen molar-refractivity contribution in [2.24, 2.45) is 0 Å². The normalized spacial score (nSPS) is 14.4. The minimum atomic E-state index is 0.601. The highest BCUT2D eigenvalue weighted by molar-refractivity contribution is 5.50. The molecule has 3 heteroatoms. The molecular weight excluding hydrogens is 222 g/mol. The van der Waals surface area contributed by atoms with Gasteiger partial charge in [-0.3, -0.25) is 0 Å². The first-order valence-electron chi connectivity index (χ1n) is 6.28. The van der Waals surface area contributed by atoms with Gasteiger partial charge in [-0.05, 0) is 42.2 Å². The maximum atomic E-state index is 5.82. The van der Waals surface area contributed by atoms with Gasteiger partial charge < -0.3 is 10.6 Å². The van der Waals surface area contributed by atoms with Crippen LogP contribution in [0.4, 0.5) is 11.6 Å². The lowest BCUT2D eigenvalue weighted by Crippen LogP contribution is -2.31. The number of nitrogens with zero attached hydrogens (tertiary/aromatic N) is 2. The zero-order valence-electron chi connectivity index (χ0n) is 10.6. The summed E-state index contributed by atoms with van der Waals surface area (Å²) in [7, 11) is 0. The Labute approximate surface area is 107 Å². The number of hydrogen-bond acceptors (Lipinski definition) is 3. The predicted molar refractivity (Wildman–Crippen MR) is 74.6 cm³/mol. The zero-order valence-corrected chi connectivity index (χ0v) is 10.6. The van der Waals surface area contributed by atoms with E-state index in [1.165, 1.54) is 11.1 Å². The molecule has 92 valence electrons. The van der Waals surface area contributed by atoms with Gasteiger partial charge in [-0.2, -0.15) is 0 Å². The fraction of sp³-hybridized carbons (Fsp3) is 0.267. The maximum Gasteiger partial charge on any atom is 0.131 e. The standard InChI is InChI=1S/C15H17N3/c1-11-8-14(16)17-15(9-11)18-7-6-12-4-2-3-5-13(12)10-18/h2-5,8-9H,6-7,10H2,1H3,(H2,16,17). The van der Waals surface area contributed by atoms with Gasteiger partial charge in [0.25, 0.3) is 0 Å². The highest BCUT2D eigenvalue weighted by atomic mass is 15.2. The Morgan fingerprint density at radius 2 is 1.94 bits per heavy atom. The molecule has 1 aromatic carbocycles. The third kappa shape index (κ3) is 2.04. The Morgan fingerprint density at radius 3 is 2.72 bits per heavy atom. The van der Waals surface area contributed by atoms with Crippen LogP contribution in [0, 0.1) is 6.92 Å². The fourth-order valence-electron chi connectivity index (χ4n) is 2.53. The average Bonchev–Trinajstić information content (AvgIpc) is 2.37. The van der Waals surface area contributed by atoms with E-state index in [4.69, 9.17) is 5.73 Å². The molecule has 3 nitrogen and oxygen atoms in total. The molecular formula is C15H17N3. The van der Waals surface area contributed by atoms with E-state index in [1.54, 1.807) is 0 Å². The lowest BCUT2D eigenvalue weighted by Gasteiger charge is -2.30. The molecule has 2 heterocycles. The second kappa shape index (κ2) is 4.33. The van der Waals surface area contributed by atoms with Gasteiger partial charge >= 0.3 is 0 Å². The smallest absolute Gasteiger partial charge is 0.131 e. The quantitative estimate of drug-likeness (QED) is 0.831. The topological polar surface area (TPSA) is 42.1 Å². The van der Waals surface area contributed by atoms with Crippen molar-refractivity contribution in [3.05, 3.63) is 53.1 Å². The van der Waals surface area contributed by atoms with Gasteiger partial charge in [0.05, 0.1) is 0 Å². The van der Waals surface area contributed by atoms with Crippen molar-refractivity contribution in [3.8, 4) is 0 Å². The first-order valence-corrected chi connectivity index (χ1v) is 6.28. The highest BCUT2D eigenvalue weighted by Gasteiger charge is 2.17. The maximum absolute atomic E-state index is 5.82. The Morgan fingerprint density at radius 1 is 1.17 bits per heavy atom. The summed E-state index contributed by atoms with van der Waals surface area (Å²) >= 11 is 0. The number of nitrogens with two attached hydrogens (primary N) is 1. The molecule has 1 aliphatic heterocycles. The van der Waals surface area contributed by atoms with Crippen LogP contribution in [0.25, 0.3) is 0 Å². The lowest BCUT2D eigenvalue weighted by molar-refractivity contribution is 0.721. The number of benzene rings is 1. The van der Waals surface area contributed by atoms with E-state index in [9.17, 15) is 0 Å². The van der Waals surface area contributed by atoms with Gasteiger partial charge in [-0.1, -0.05) is 24.3 Å². The Hall–Kier alpha value is -2.03. The van der Waals surface area contributed by atoms with E-state index in [0.717, 1.165) is 30.9 Å². The molecule has 0 bridgehead atoms. The summed E-state index contributed by atoms with van der Waals surface area (Å²) in [6.07, 6.45) is 1.08. The summed E-state index contributed by atoms with van der Waals surface area (Å²) in [5.41, 5.74) is 9.83. The van der Waals surface area contributed by atoms with Crippen LogP contribution in [0.5, 0.6) is 0 Å². The van der Waals surface area contributed by atoms with Gasteiger partial charge in [0.2, 0.25) is 0 Å². The second-order valence-corrected chi connectivity index (χ2v) is 4.87. The number of aryl methyl sites for hydroxylation is 1. The second-order valence-electron chi connectivity index (χ2n) is 4.87. The molecule has 2 N–H and O–H groups in total. The van der Waals surface area contributed by atoms with Crippen molar-refractivity contribution >= 4 is 11.6 Å². The molecule has 0 spiro atoms. The van der Waals surface area contributed by atoms with Crippen LogP contribution < -0.4 is 10.6 Å². The first kappa shape index (κ1) is 11.1. The highest BCUT2D eigenvalue weighted by Crippen LogP contribution is 2.24. The van der Waals surface area contributed by atoms with Crippen LogP contribution in [0.15, 0.2) is 36.4 Å². The summed E-state index contributed by atoms with van der Waals surface area (Å²) in [5, 5.41) is 0. The molecule has 0 fully saturated rings. The van der Waals surface area contributed by atoms with E-state index in [0.29, 0.717) is 5.82 Å². The van der Waals surface area contributed by atoms with Gasteiger partial charge in [-0.25, -0.2) is 4.98 Å². The van der Waals surface area contributed by atoms with Crippen molar-refractivity contribution in [1.29, 1.82) is 0 Å². The van der Waals surface area contributed by atoms with E-state index < -0.39 is 0 Å². The summed E-state index contributed by atoms with van der Waals surface area (Å²) in [6, 6.07) is 12.6. The Balaban J connectivity index is 1.91. The summed E-state index contributed by atoms with van der Waals surface area (Å²) in [4.78, 5) is 6.73. The fourth-order valence-corrected chi connectivity index (χ4v) is 2.53. The van der Waals surface area contributed by atoms with Crippen molar-refractivity contribution in [2.75, 3.05) is 17.2 Å². The van der Waals surface area contributed by atoms with E-state index in [2.05, 4.69) is 47.1 Å². The minimum absolute atomic E-state index is 0.601. The number of fused-ring (bicyclic) bond motifs is 1. The van der Waals surface area contributed by atoms with Crippen LogP contribution in [0.3, 0.4) is 0 Å². The largest absolute Gasteiger partial charge is 0.384 e. The molecule has 2 aromatic rings. The van der Waals surface area contributed by atoms with Crippen LogP contribution in [-0.4, -0.2) is 11.5 Å². The van der Waals surface area contributed by atoms with Gasteiger partial charge in [-0.15, -0.1) is 0 Å². The molecule has 1 aromatic heterocycles. The summed E-state index contributed by atoms with van der Waals surface area (Å²) < 4.78 is 0. The predicted octanol–water partition coefficient (Wildman–Crippen LogP) is 2.53. The number of nitrogen functional groups attached to an aromatic ring is 1. The molecule has 3 rings (SSSR count). The van der Waals surface area contributed by atoms with Gasteiger partial charge in [0.1, 0.15) is 11.6 Å². The van der Waals surface area contributed by atoms with Crippen LogP contribution in [0.1, 0.15) is 16.7 Å². The molecule has 0 radical (unpaired) electrons. The van der Waals surface area contributed by atoms with Gasteiger partial charge in [0.15, 0.2) is 0 Å². The lowest BCUT2D eigenvalue weighted by atomic mass is 10.00. The van der Waals surface area contributed by atoms with Crippen molar-refractivity contribution in [2.45, 2.75) is 19.9 Å². The molecule has 18 heavy (non-hydrogen) atoms. The number of rotatable bonds is 1. The van der Waals surface area contributed by atoms with E-state index in [1.807, 2.05) is 6.07 Å². The molecule has 0 saturated carbocycles. The Bertz CT molecular complexity index is 557. The zero-order chi connectivity index (χ0) is 12.5. The van der Waals surface area contributed by atoms with E-state index >= 15 is 0 Å². The summed E-state index contributed by atoms with van der Waals surface area (Å²) in [6.45, 7) is 3.98. The van der Waals surface area contributed by atoms with Crippen molar-refractivity contribution in [3.63, 3.8) is 0 Å². The van der Waals surface area contributed by atoms with Crippen LogP contribution >= 0.6 is 0 Å². The molecule has 0 unspecified atom stereocenters. The van der Waals surface area contributed by atoms with E-state index in [-0.39, 0.29) is 0 Å².